The first kappa shape index (κ1) is 33.1. The van der Waals surface area contributed by atoms with Crippen molar-refractivity contribution in [2.45, 2.75) is 34.2 Å². The number of nitrogens with two attached hydrogens (primary N) is 1. The number of halogens is 1. The molecule has 3 rings (SSSR count). The topological polar surface area (TPSA) is 123 Å². The van der Waals surface area contributed by atoms with Gasteiger partial charge >= 0.3 is 6.03 Å². The number of ether oxygens (including phenoxy) is 1. The number of carbonyl (C=O) groups is 2. The van der Waals surface area contributed by atoms with Gasteiger partial charge in [-0.1, -0.05) is 35.8 Å². The van der Waals surface area contributed by atoms with Gasteiger partial charge in [0.1, 0.15) is 11.6 Å². The van der Waals surface area contributed by atoms with Crippen LogP contribution in [0.1, 0.15) is 27.7 Å². The lowest BCUT2D eigenvalue weighted by atomic mass is 10.1. The Balaban J connectivity index is 0.00000142. The van der Waals surface area contributed by atoms with Crippen molar-refractivity contribution in [1.82, 2.24) is 9.88 Å². The summed E-state index contributed by atoms with van der Waals surface area (Å²) in [5, 5.41) is 9.42. The summed E-state index contributed by atoms with van der Waals surface area (Å²) in [5.74, 6) is 1.03. The number of carbonyl (C=O) groups excluding carboxylic acids is 2. The molecule has 5 N–H and O–H groups in total. The van der Waals surface area contributed by atoms with Crippen LogP contribution in [0.15, 0.2) is 83.2 Å². The Hall–Kier alpha value is -3.89. The molecule has 2 aromatic carbocycles. The fourth-order valence-electron chi connectivity index (χ4n) is 3.61. The molecule has 0 spiro atoms. The Labute approximate surface area is 239 Å². The fourth-order valence-corrected chi connectivity index (χ4v) is 3.98. The van der Waals surface area contributed by atoms with Gasteiger partial charge in [0, 0.05) is 35.7 Å². The maximum absolute atomic E-state index is 12.7. The summed E-state index contributed by atoms with van der Waals surface area (Å²) >= 11 is 3.41. The van der Waals surface area contributed by atoms with Gasteiger partial charge in [-0.3, -0.25) is 4.79 Å². The number of hydrogen-bond donors (Lipinski definition) is 4. The van der Waals surface area contributed by atoms with Crippen LogP contribution in [-0.4, -0.2) is 36.4 Å². The lowest BCUT2D eigenvalue weighted by Crippen LogP contribution is -2.20. The van der Waals surface area contributed by atoms with Crippen molar-refractivity contribution in [3.8, 4) is 5.75 Å². The normalized spacial score (nSPS) is 11.5. The van der Waals surface area contributed by atoms with Gasteiger partial charge in [-0.25, -0.2) is 9.79 Å². The molecule has 0 aliphatic heterocycles. The van der Waals surface area contributed by atoms with Gasteiger partial charge in [-0.05, 0) is 61.9 Å². The first-order chi connectivity index (χ1) is 18.7. The summed E-state index contributed by atoms with van der Waals surface area (Å²) < 4.78 is 8.26. The first-order valence-corrected chi connectivity index (χ1v) is 13.2. The smallest absolute Gasteiger partial charge is 0.323 e. The predicted molar refractivity (Wildman–Crippen MR) is 166 cm³/mol. The van der Waals surface area contributed by atoms with E-state index < -0.39 is 0 Å². The van der Waals surface area contributed by atoms with Crippen LogP contribution >= 0.6 is 15.9 Å². The minimum atomic E-state index is -0.370. The van der Waals surface area contributed by atoms with Crippen molar-refractivity contribution in [3.63, 3.8) is 0 Å². The van der Waals surface area contributed by atoms with Crippen LogP contribution in [0.4, 0.5) is 16.2 Å². The highest BCUT2D eigenvalue weighted by molar-refractivity contribution is 9.10. The molecule has 0 bridgehead atoms. The molecule has 3 amide bonds. The quantitative estimate of drug-likeness (QED) is 0.174. The number of allylic oxidation sites excluding steroid dienone is 1. The van der Waals surface area contributed by atoms with E-state index in [2.05, 4.69) is 61.5 Å². The van der Waals surface area contributed by atoms with E-state index in [9.17, 15) is 9.59 Å². The van der Waals surface area contributed by atoms with E-state index in [1.54, 1.807) is 32.4 Å². The molecule has 39 heavy (non-hydrogen) atoms. The van der Waals surface area contributed by atoms with Crippen LogP contribution in [-0.2, 0) is 11.3 Å². The highest BCUT2D eigenvalue weighted by atomic mass is 79.9. The second-order valence-corrected chi connectivity index (χ2v) is 9.05. The van der Waals surface area contributed by atoms with Crippen molar-refractivity contribution >= 4 is 56.4 Å². The van der Waals surface area contributed by atoms with Gasteiger partial charge in [0.25, 0.3) is 0 Å². The van der Waals surface area contributed by atoms with Gasteiger partial charge in [0.15, 0.2) is 0 Å². The Kier molecular flexibility index (Phi) is 14.9. The van der Waals surface area contributed by atoms with E-state index in [0.29, 0.717) is 29.5 Å². The molecule has 0 aliphatic carbocycles. The monoisotopic (exact) mass is 598 g/mol. The maximum Gasteiger partial charge on any atom is 0.323 e. The number of benzene rings is 2. The Bertz CT molecular complexity index is 1290. The molecule has 0 radical (unpaired) electrons. The lowest BCUT2D eigenvalue weighted by molar-refractivity contribution is -0.118. The number of anilines is 2. The van der Waals surface area contributed by atoms with Crippen LogP contribution in [0.5, 0.6) is 5.75 Å². The summed E-state index contributed by atoms with van der Waals surface area (Å²) in [7, 11) is 1.56. The average molecular weight is 600 g/mol. The molecular formula is C29H39BrN6O3. The SMILES string of the molecule is C/C=N\C(=C/C(C)Cn1ccc2c(NC(=O)Nc3cc(Br)ccc3OC)cccc21)NC(C)=O.C=C.CCN. The van der Waals surface area contributed by atoms with E-state index in [1.807, 2.05) is 49.5 Å². The number of urea groups is 1. The van der Waals surface area contributed by atoms with Crippen molar-refractivity contribution < 1.29 is 14.3 Å². The molecule has 1 unspecified atom stereocenters. The number of rotatable bonds is 8. The van der Waals surface area contributed by atoms with Crippen LogP contribution < -0.4 is 26.4 Å². The summed E-state index contributed by atoms with van der Waals surface area (Å²) in [6.45, 7) is 14.6. The highest BCUT2D eigenvalue weighted by Crippen LogP contribution is 2.29. The molecule has 3 aromatic rings. The summed E-state index contributed by atoms with van der Waals surface area (Å²) in [6.07, 6.45) is 5.55. The van der Waals surface area contributed by atoms with Gasteiger partial charge in [0.2, 0.25) is 5.91 Å². The van der Waals surface area contributed by atoms with Gasteiger partial charge in [-0.15, -0.1) is 13.2 Å². The van der Waals surface area contributed by atoms with E-state index >= 15 is 0 Å². The number of aliphatic imine (C=N–C) groups is 1. The predicted octanol–water partition coefficient (Wildman–Crippen LogP) is 6.53. The lowest BCUT2D eigenvalue weighted by Gasteiger charge is -2.13. The van der Waals surface area contributed by atoms with Gasteiger partial charge in [0.05, 0.1) is 24.0 Å². The molecule has 0 fully saturated rings. The third-order valence-electron chi connectivity index (χ3n) is 4.97. The van der Waals surface area contributed by atoms with E-state index in [1.165, 1.54) is 6.92 Å². The zero-order chi connectivity index (χ0) is 29.4. The zero-order valence-corrected chi connectivity index (χ0v) is 24.8. The van der Waals surface area contributed by atoms with Crippen molar-refractivity contribution in [1.29, 1.82) is 0 Å². The molecule has 0 aliphatic rings. The first-order valence-electron chi connectivity index (χ1n) is 12.4. The summed E-state index contributed by atoms with van der Waals surface area (Å²) in [6, 6.07) is 12.8. The maximum atomic E-state index is 12.7. The molecule has 1 atom stereocenters. The molecule has 9 nitrogen and oxygen atoms in total. The minimum Gasteiger partial charge on any atom is -0.495 e. The van der Waals surface area contributed by atoms with Gasteiger partial charge in [-0.2, -0.15) is 0 Å². The second kappa shape index (κ2) is 17.6. The standard InChI is InChI=1S/C25H28BrN5O3.C2H7N.C2H4/c1-5-27-24(28-17(3)32)13-16(2)15-31-12-11-19-20(7-6-8-22(19)31)29-25(33)30-21-14-18(26)9-10-23(21)34-4;1-2-3;1-2/h5-14,16H,15H2,1-4H3,(H,28,32)(H2,29,30,33);2-3H2,1H3;1-2H2/b24-13+,27-5-;;. The van der Waals surface area contributed by atoms with Crippen LogP contribution in [0.25, 0.3) is 10.9 Å². The van der Waals surface area contributed by atoms with Gasteiger partial charge < -0.3 is 31.0 Å². The third-order valence-corrected chi connectivity index (χ3v) is 5.46. The average Bonchev–Trinajstić information content (AvgIpc) is 3.29. The molecule has 1 heterocycles. The number of amides is 3. The molecule has 0 saturated carbocycles. The molecule has 0 saturated heterocycles. The van der Waals surface area contributed by atoms with Crippen LogP contribution in [0, 0.1) is 5.92 Å². The third kappa shape index (κ3) is 10.8. The van der Waals surface area contributed by atoms with Crippen molar-refractivity contribution in [2.75, 3.05) is 24.3 Å². The minimum absolute atomic E-state index is 0.102. The van der Waals surface area contributed by atoms with Crippen LogP contribution in [0.2, 0.25) is 0 Å². The van der Waals surface area contributed by atoms with E-state index in [4.69, 9.17) is 10.5 Å². The largest absolute Gasteiger partial charge is 0.495 e. The number of hydrogen-bond acceptors (Lipinski definition) is 5. The zero-order valence-electron chi connectivity index (χ0n) is 23.3. The Morgan fingerprint density at radius 2 is 1.85 bits per heavy atom. The molecule has 210 valence electrons. The molecule has 10 heteroatoms. The summed E-state index contributed by atoms with van der Waals surface area (Å²) in [5.41, 5.74) is 7.09. The number of fused-ring (bicyclic) bond motifs is 1. The van der Waals surface area contributed by atoms with Crippen molar-refractivity contribution in [2.24, 2.45) is 16.6 Å². The van der Waals surface area contributed by atoms with Crippen molar-refractivity contribution in [3.05, 3.63) is 78.2 Å². The second-order valence-electron chi connectivity index (χ2n) is 8.14. The summed E-state index contributed by atoms with van der Waals surface area (Å²) in [4.78, 5) is 28.3. The fraction of sp³-hybridized carbons (Fsp3) is 0.276. The van der Waals surface area contributed by atoms with Crippen LogP contribution in [0.3, 0.4) is 0 Å². The Morgan fingerprint density at radius 3 is 2.46 bits per heavy atom. The number of methoxy groups -OCH3 is 1. The van der Waals surface area contributed by atoms with E-state index in [0.717, 1.165) is 21.9 Å². The number of nitrogens with one attached hydrogen (secondary N) is 3. The molecule has 1 aromatic heterocycles. The number of nitrogens with zero attached hydrogens (tertiary/aromatic N) is 2. The van der Waals surface area contributed by atoms with E-state index in [-0.39, 0.29) is 17.9 Å². The molecular weight excluding hydrogens is 560 g/mol. The number of aromatic nitrogens is 1. The highest BCUT2D eigenvalue weighted by Gasteiger charge is 2.12. The Morgan fingerprint density at radius 1 is 1.18 bits per heavy atom.